The van der Waals surface area contributed by atoms with Gasteiger partial charge in [0.25, 0.3) is 0 Å². The van der Waals surface area contributed by atoms with Crippen LogP contribution in [-0.2, 0) is 6.42 Å². The van der Waals surface area contributed by atoms with Crippen LogP contribution in [0.1, 0.15) is 31.7 Å². The fourth-order valence-corrected chi connectivity index (χ4v) is 2.62. The number of pyridine rings is 1. The highest BCUT2D eigenvalue weighted by atomic mass is 32.1. The van der Waals surface area contributed by atoms with E-state index in [0.29, 0.717) is 0 Å². The van der Waals surface area contributed by atoms with Gasteiger partial charge >= 0.3 is 0 Å². The predicted octanol–water partition coefficient (Wildman–Crippen LogP) is 3.27. The summed E-state index contributed by atoms with van der Waals surface area (Å²) >= 11 is 1.72. The number of rotatable bonds is 5. The second kappa shape index (κ2) is 5.59. The summed E-state index contributed by atoms with van der Waals surface area (Å²) < 4.78 is 0. The SMILES string of the molecule is CC(C)(N)CCCc1nc(-c2cccnc2)cs1. The van der Waals surface area contributed by atoms with E-state index in [0.717, 1.165) is 30.5 Å². The molecule has 2 heterocycles. The molecule has 0 radical (unpaired) electrons. The summed E-state index contributed by atoms with van der Waals surface area (Å²) in [6.07, 6.45) is 6.74. The first-order chi connectivity index (χ1) is 8.54. The Kier molecular flexibility index (Phi) is 4.09. The van der Waals surface area contributed by atoms with E-state index in [4.69, 9.17) is 5.73 Å². The largest absolute Gasteiger partial charge is 0.326 e. The van der Waals surface area contributed by atoms with Crippen LogP contribution in [0, 0.1) is 0 Å². The smallest absolute Gasteiger partial charge is 0.0932 e. The summed E-state index contributed by atoms with van der Waals surface area (Å²) in [5.74, 6) is 0. The van der Waals surface area contributed by atoms with E-state index in [-0.39, 0.29) is 5.54 Å². The fourth-order valence-electron chi connectivity index (χ4n) is 1.77. The highest BCUT2D eigenvalue weighted by Crippen LogP contribution is 2.22. The third kappa shape index (κ3) is 3.89. The predicted molar refractivity (Wildman–Crippen MR) is 76.5 cm³/mol. The van der Waals surface area contributed by atoms with Crippen LogP contribution in [0.2, 0.25) is 0 Å². The van der Waals surface area contributed by atoms with Crippen molar-refractivity contribution < 1.29 is 0 Å². The molecule has 2 aromatic heterocycles. The number of hydrogen-bond acceptors (Lipinski definition) is 4. The third-order valence-electron chi connectivity index (χ3n) is 2.72. The van der Waals surface area contributed by atoms with Gasteiger partial charge in [0.15, 0.2) is 0 Å². The zero-order chi connectivity index (χ0) is 13.0. The summed E-state index contributed by atoms with van der Waals surface area (Å²) in [5, 5.41) is 3.28. The molecule has 0 saturated heterocycles. The molecule has 0 saturated carbocycles. The highest BCUT2D eigenvalue weighted by Gasteiger charge is 2.11. The normalized spacial score (nSPS) is 11.7. The number of thiazole rings is 1. The molecule has 4 heteroatoms. The maximum absolute atomic E-state index is 5.97. The number of nitrogens with two attached hydrogens (primary N) is 1. The van der Waals surface area contributed by atoms with Crippen molar-refractivity contribution >= 4 is 11.3 Å². The van der Waals surface area contributed by atoms with E-state index in [1.54, 1.807) is 17.5 Å². The molecule has 0 aromatic carbocycles. The lowest BCUT2D eigenvalue weighted by Crippen LogP contribution is -2.31. The quantitative estimate of drug-likeness (QED) is 0.898. The van der Waals surface area contributed by atoms with Crippen molar-refractivity contribution in [2.45, 2.75) is 38.6 Å². The monoisotopic (exact) mass is 261 g/mol. The van der Waals surface area contributed by atoms with Gasteiger partial charge in [0.2, 0.25) is 0 Å². The van der Waals surface area contributed by atoms with Gasteiger partial charge in [-0.3, -0.25) is 4.98 Å². The topological polar surface area (TPSA) is 51.8 Å². The van der Waals surface area contributed by atoms with Crippen LogP contribution in [0.3, 0.4) is 0 Å². The lowest BCUT2D eigenvalue weighted by molar-refractivity contribution is 0.459. The Hall–Kier alpha value is -1.26. The van der Waals surface area contributed by atoms with Crippen LogP contribution in [-0.4, -0.2) is 15.5 Å². The van der Waals surface area contributed by atoms with Gasteiger partial charge in [-0.2, -0.15) is 0 Å². The first kappa shape index (κ1) is 13.2. The van der Waals surface area contributed by atoms with E-state index in [9.17, 15) is 0 Å². The van der Waals surface area contributed by atoms with Crippen molar-refractivity contribution in [3.8, 4) is 11.3 Å². The minimum Gasteiger partial charge on any atom is -0.326 e. The zero-order valence-corrected chi connectivity index (χ0v) is 11.7. The van der Waals surface area contributed by atoms with E-state index in [2.05, 4.69) is 29.2 Å². The molecule has 2 N–H and O–H groups in total. The molecule has 0 aliphatic rings. The van der Waals surface area contributed by atoms with Gasteiger partial charge in [0, 0.05) is 28.9 Å². The maximum atomic E-state index is 5.97. The van der Waals surface area contributed by atoms with Crippen LogP contribution in [0.4, 0.5) is 0 Å². The van der Waals surface area contributed by atoms with Crippen LogP contribution >= 0.6 is 11.3 Å². The summed E-state index contributed by atoms with van der Waals surface area (Å²) in [6, 6.07) is 3.97. The zero-order valence-electron chi connectivity index (χ0n) is 10.9. The first-order valence-electron chi connectivity index (χ1n) is 6.18. The molecule has 18 heavy (non-hydrogen) atoms. The second-order valence-electron chi connectivity index (χ2n) is 5.21. The summed E-state index contributed by atoms with van der Waals surface area (Å²) in [7, 11) is 0. The number of aromatic nitrogens is 2. The van der Waals surface area contributed by atoms with Crippen molar-refractivity contribution in [3.05, 3.63) is 34.9 Å². The van der Waals surface area contributed by atoms with Crippen molar-refractivity contribution in [2.24, 2.45) is 5.73 Å². The first-order valence-corrected chi connectivity index (χ1v) is 7.06. The number of hydrogen-bond donors (Lipinski definition) is 1. The van der Waals surface area contributed by atoms with Crippen LogP contribution in [0.5, 0.6) is 0 Å². The Bertz CT molecular complexity index is 485. The molecule has 0 aliphatic carbocycles. The molecule has 2 rings (SSSR count). The molecule has 2 aromatic rings. The van der Waals surface area contributed by atoms with Gasteiger partial charge in [-0.05, 0) is 45.2 Å². The van der Waals surface area contributed by atoms with Gasteiger partial charge in [0.05, 0.1) is 10.7 Å². The molecule has 0 spiro atoms. The molecule has 0 amide bonds. The molecule has 0 fully saturated rings. The summed E-state index contributed by atoms with van der Waals surface area (Å²) in [5.41, 5.74) is 8.00. The molecular formula is C14H19N3S. The van der Waals surface area contributed by atoms with Gasteiger partial charge < -0.3 is 5.73 Å². The fraction of sp³-hybridized carbons (Fsp3) is 0.429. The number of aryl methyl sites for hydroxylation is 1. The average Bonchev–Trinajstić information content (AvgIpc) is 2.77. The van der Waals surface area contributed by atoms with Crippen LogP contribution in [0.25, 0.3) is 11.3 Å². The molecule has 3 nitrogen and oxygen atoms in total. The summed E-state index contributed by atoms with van der Waals surface area (Å²) in [6.45, 7) is 4.13. The van der Waals surface area contributed by atoms with Gasteiger partial charge in [-0.15, -0.1) is 11.3 Å². The highest BCUT2D eigenvalue weighted by molar-refractivity contribution is 7.09. The minimum absolute atomic E-state index is 0.0799. The van der Waals surface area contributed by atoms with E-state index < -0.39 is 0 Å². The van der Waals surface area contributed by atoms with Crippen LogP contribution < -0.4 is 5.73 Å². The minimum atomic E-state index is -0.0799. The third-order valence-corrected chi connectivity index (χ3v) is 3.63. The standard InChI is InChI=1S/C14H19N3S/c1-14(2,15)7-3-6-13-17-12(10-18-13)11-5-4-8-16-9-11/h4-5,8-10H,3,6-7,15H2,1-2H3. The molecule has 0 unspecified atom stereocenters. The lowest BCUT2D eigenvalue weighted by Gasteiger charge is -2.17. The Morgan fingerprint density at radius 1 is 1.39 bits per heavy atom. The van der Waals surface area contributed by atoms with Gasteiger partial charge in [-0.1, -0.05) is 0 Å². The van der Waals surface area contributed by atoms with E-state index in [1.165, 1.54) is 5.01 Å². The second-order valence-corrected chi connectivity index (χ2v) is 6.15. The Morgan fingerprint density at radius 3 is 2.89 bits per heavy atom. The lowest BCUT2D eigenvalue weighted by atomic mass is 9.99. The van der Waals surface area contributed by atoms with Crippen molar-refractivity contribution in [1.82, 2.24) is 9.97 Å². The van der Waals surface area contributed by atoms with Crippen molar-refractivity contribution in [1.29, 1.82) is 0 Å². The summed E-state index contributed by atoms with van der Waals surface area (Å²) in [4.78, 5) is 8.75. The van der Waals surface area contributed by atoms with Crippen molar-refractivity contribution in [2.75, 3.05) is 0 Å². The Labute approximate surface area is 112 Å². The maximum Gasteiger partial charge on any atom is 0.0932 e. The van der Waals surface area contributed by atoms with Crippen LogP contribution in [0.15, 0.2) is 29.9 Å². The Morgan fingerprint density at radius 2 is 2.22 bits per heavy atom. The molecular weight excluding hydrogens is 242 g/mol. The molecule has 0 atom stereocenters. The van der Waals surface area contributed by atoms with Gasteiger partial charge in [0.1, 0.15) is 0 Å². The molecule has 0 bridgehead atoms. The van der Waals surface area contributed by atoms with Gasteiger partial charge in [-0.25, -0.2) is 4.98 Å². The van der Waals surface area contributed by atoms with E-state index in [1.807, 2.05) is 18.3 Å². The number of nitrogens with zero attached hydrogens (tertiary/aromatic N) is 2. The average molecular weight is 261 g/mol. The van der Waals surface area contributed by atoms with E-state index >= 15 is 0 Å². The molecule has 0 aliphatic heterocycles. The van der Waals surface area contributed by atoms with Crippen molar-refractivity contribution in [3.63, 3.8) is 0 Å². The Balaban J connectivity index is 1.95. The molecule has 96 valence electrons.